The molecule has 1 N–H and O–H groups in total. The van der Waals surface area contributed by atoms with Crippen molar-refractivity contribution in [3.05, 3.63) is 0 Å². The molecular weight excluding hydrogens is 230 g/mol. The van der Waals surface area contributed by atoms with Crippen LogP contribution in [0.2, 0.25) is 0 Å². The zero-order valence-electron chi connectivity index (χ0n) is 9.70. The molecule has 92 valence electrons. The third-order valence-electron chi connectivity index (χ3n) is 2.87. The molecule has 1 unspecified atom stereocenters. The molecule has 1 aliphatic rings. The Hall–Kier alpha value is -0.810. The number of urea groups is 1. The first kappa shape index (κ1) is 13.3. The zero-order valence-corrected chi connectivity index (χ0v) is 10.5. The molecule has 0 saturated carbocycles. The number of alkyl halides is 1. The Morgan fingerprint density at radius 2 is 2.25 bits per heavy atom. The van der Waals surface area contributed by atoms with E-state index in [1.165, 1.54) is 4.90 Å². The number of hydrogen-bond acceptors (Lipinski definition) is 3. The van der Waals surface area contributed by atoms with Crippen LogP contribution in [0.5, 0.6) is 0 Å². The quantitative estimate of drug-likeness (QED) is 0.739. The largest absolute Gasteiger partial charge is 0.326 e. The molecule has 1 atom stereocenters. The highest BCUT2D eigenvalue weighted by atomic mass is 35.5. The number of likely N-dealkylation sites (tertiary alicyclic amines) is 1. The molecule has 0 aromatic carbocycles. The lowest BCUT2D eigenvalue weighted by atomic mass is 10.2. The smallest absolute Gasteiger partial charge is 0.323 e. The summed E-state index contributed by atoms with van der Waals surface area (Å²) >= 11 is 5.30. The number of amides is 3. The number of carbonyl (C=O) groups excluding carboxylic acids is 2. The zero-order chi connectivity index (χ0) is 12.1. The highest BCUT2D eigenvalue weighted by Gasteiger charge is 2.24. The van der Waals surface area contributed by atoms with Crippen LogP contribution in [0.25, 0.3) is 0 Å². The Bertz CT molecular complexity index is 273. The van der Waals surface area contributed by atoms with Gasteiger partial charge in [0.1, 0.15) is 5.88 Å². The predicted octanol–water partition coefficient (Wildman–Crippen LogP) is 0.487. The van der Waals surface area contributed by atoms with Gasteiger partial charge in [-0.2, -0.15) is 0 Å². The molecule has 1 saturated heterocycles. The van der Waals surface area contributed by atoms with Crippen molar-refractivity contribution in [1.82, 2.24) is 15.1 Å². The van der Waals surface area contributed by atoms with Crippen molar-refractivity contribution in [3.8, 4) is 0 Å². The molecule has 0 aliphatic carbocycles. The number of imide groups is 1. The second-order valence-electron chi connectivity index (χ2n) is 4.14. The standard InChI is InChI=1S/C10H18ClN3O2/c1-13-5-3-4-8(13)7-14(2)10(16)12-9(15)6-11/h8H,3-7H2,1-2H3,(H,12,15,16). The third-order valence-corrected chi connectivity index (χ3v) is 3.11. The molecule has 3 amide bonds. The summed E-state index contributed by atoms with van der Waals surface area (Å²) in [5.74, 6) is -0.651. The maximum atomic E-state index is 11.5. The van der Waals surface area contributed by atoms with Crippen LogP contribution in [0, 0.1) is 0 Å². The Labute approximate surface area is 101 Å². The summed E-state index contributed by atoms with van der Waals surface area (Å²) in [6.45, 7) is 1.71. The van der Waals surface area contributed by atoms with Crippen LogP contribution in [0.4, 0.5) is 4.79 Å². The van der Waals surface area contributed by atoms with E-state index in [-0.39, 0.29) is 11.9 Å². The van der Waals surface area contributed by atoms with E-state index in [1.54, 1.807) is 7.05 Å². The molecule has 0 bridgehead atoms. The van der Waals surface area contributed by atoms with Gasteiger partial charge in [-0.1, -0.05) is 0 Å². The summed E-state index contributed by atoms with van der Waals surface area (Å²) in [5.41, 5.74) is 0. The topological polar surface area (TPSA) is 52.6 Å². The molecule has 1 fully saturated rings. The van der Waals surface area contributed by atoms with Crippen molar-refractivity contribution in [2.24, 2.45) is 0 Å². The number of rotatable bonds is 3. The maximum absolute atomic E-state index is 11.5. The first-order chi connectivity index (χ1) is 7.54. The molecule has 0 aromatic heterocycles. The number of nitrogens with zero attached hydrogens (tertiary/aromatic N) is 2. The molecular formula is C10H18ClN3O2. The van der Waals surface area contributed by atoms with Crippen molar-refractivity contribution in [2.45, 2.75) is 18.9 Å². The fourth-order valence-corrected chi connectivity index (χ4v) is 1.92. The van der Waals surface area contributed by atoms with Crippen LogP contribution in [0.1, 0.15) is 12.8 Å². The molecule has 1 rings (SSSR count). The fraction of sp³-hybridized carbons (Fsp3) is 0.800. The van der Waals surface area contributed by atoms with E-state index in [1.807, 2.05) is 7.05 Å². The van der Waals surface area contributed by atoms with Gasteiger partial charge in [0.15, 0.2) is 0 Å². The molecule has 0 aromatic rings. The lowest BCUT2D eigenvalue weighted by Gasteiger charge is -2.25. The van der Waals surface area contributed by atoms with Crippen molar-refractivity contribution in [2.75, 3.05) is 33.1 Å². The summed E-state index contributed by atoms with van der Waals surface area (Å²) in [5, 5.41) is 2.22. The van der Waals surface area contributed by atoms with E-state index in [0.29, 0.717) is 12.6 Å². The molecule has 1 aliphatic heterocycles. The first-order valence-electron chi connectivity index (χ1n) is 5.35. The van der Waals surface area contributed by atoms with Crippen molar-refractivity contribution < 1.29 is 9.59 Å². The minimum atomic E-state index is -0.460. The number of hydrogen-bond donors (Lipinski definition) is 1. The molecule has 0 radical (unpaired) electrons. The lowest BCUT2D eigenvalue weighted by Crippen LogP contribution is -2.46. The van der Waals surface area contributed by atoms with Crippen LogP contribution in [-0.2, 0) is 4.79 Å². The summed E-state index contributed by atoms with van der Waals surface area (Å²) < 4.78 is 0. The van der Waals surface area contributed by atoms with Crippen LogP contribution in [-0.4, -0.2) is 60.8 Å². The summed E-state index contributed by atoms with van der Waals surface area (Å²) in [6.07, 6.45) is 2.26. The van der Waals surface area contributed by atoms with Crippen LogP contribution >= 0.6 is 11.6 Å². The summed E-state index contributed by atoms with van der Waals surface area (Å²) in [4.78, 5) is 26.2. The number of nitrogens with one attached hydrogen (secondary N) is 1. The summed E-state index contributed by atoms with van der Waals surface area (Å²) in [7, 11) is 3.73. The van der Waals surface area contributed by atoms with E-state index in [4.69, 9.17) is 11.6 Å². The second kappa shape index (κ2) is 6.06. The maximum Gasteiger partial charge on any atom is 0.323 e. The predicted molar refractivity (Wildman–Crippen MR) is 62.5 cm³/mol. The Kier molecular flexibility index (Phi) is 5.02. The fourth-order valence-electron chi connectivity index (χ4n) is 1.86. The third kappa shape index (κ3) is 3.64. The van der Waals surface area contributed by atoms with E-state index in [2.05, 4.69) is 10.2 Å². The van der Waals surface area contributed by atoms with Gasteiger partial charge in [0.25, 0.3) is 0 Å². The molecule has 0 spiro atoms. The molecule has 16 heavy (non-hydrogen) atoms. The minimum absolute atomic E-state index is 0.192. The van der Waals surface area contributed by atoms with Gasteiger partial charge in [-0.3, -0.25) is 10.1 Å². The van der Waals surface area contributed by atoms with Crippen molar-refractivity contribution in [1.29, 1.82) is 0 Å². The van der Waals surface area contributed by atoms with Crippen molar-refractivity contribution >= 4 is 23.5 Å². The van der Waals surface area contributed by atoms with E-state index in [9.17, 15) is 9.59 Å². The Morgan fingerprint density at radius 3 is 2.75 bits per heavy atom. The monoisotopic (exact) mass is 247 g/mol. The Balaban J connectivity index is 2.36. The molecule has 6 heteroatoms. The first-order valence-corrected chi connectivity index (χ1v) is 5.89. The van der Waals surface area contributed by atoms with Gasteiger partial charge in [-0.05, 0) is 26.4 Å². The van der Waals surface area contributed by atoms with Gasteiger partial charge in [-0.15, -0.1) is 11.6 Å². The molecule has 1 heterocycles. The van der Waals surface area contributed by atoms with Crippen LogP contribution in [0.3, 0.4) is 0 Å². The normalized spacial score (nSPS) is 20.8. The van der Waals surface area contributed by atoms with Crippen LogP contribution < -0.4 is 5.32 Å². The average Bonchev–Trinajstić information content (AvgIpc) is 2.64. The highest BCUT2D eigenvalue weighted by Crippen LogP contribution is 2.15. The van der Waals surface area contributed by atoms with Crippen molar-refractivity contribution in [3.63, 3.8) is 0 Å². The van der Waals surface area contributed by atoms with E-state index >= 15 is 0 Å². The molecule has 5 nitrogen and oxygen atoms in total. The lowest BCUT2D eigenvalue weighted by molar-refractivity contribution is -0.117. The average molecular weight is 248 g/mol. The van der Waals surface area contributed by atoms with Gasteiger partial charge in [0.05, 0.1) is 0 Å². The van der Waals surface area contributed by atoms with Crippen LogP contribution in [0.15, 0.2) is 0 Å². The van der Waals surface area contributed by atoms with Gasteiger partial charge >= 0.3 is 6.03 Å². The van der Waals surface area contributed by atoms with Gasteiger partial charge in [0, 0.05) is 19.6 Å². The van der Waals surface area contributed by atoms with E-state index < -0.39 is 5.91 Å². The van der Waals surface area contributed by atoms with Gasteiger partial charge in [0.2, 0.25) is 5.91 Å². The minimum Gasteiger partial charge on any atom is -0.326 e. The van der Waals surface area contributed by atoms with Gasteiger partial charge in [-0.25, -0.2) is 4.79 Å². The second-order valence-corrected chi connectivity index (χ2v) is 4.41. The number of likely N-dealkylation sites (N-methyl/N-ethyl adjacent to an activating group) is 2. The highest BCUT2D eigenvalue weighted by molar-refractivity contribution is 6.28. The number of halogens is 1. The Morgan fingerprint density at radius 1 is 1.56 bits per heavy atom. The SMILES string of the molecule is CN(CC1CCCN1C)C(=O)NC(=O)CCl. The number of carbonyl (C=O) groups is 2. The van der Waals surface area contributed by atoms with Gasteiger partial charge < -0.3 is 9.80 Å². The summed E-state index contributed by atoms with van der Waals surface area (Å²) in [6, 6.07) is 0.00723. The van der Waals surface area contributed by atoms with E-state index in [0.717, 1.165) is 19.4 Å².